The Labute approximate surface area is 269 Å². The first-order valence-electron chi connectivity index (χ1n) is 14.7. The molecular weight excluding hydrogens is 647 g/mol. The Bertz CT molecular complexity index is 1730. The van der Waals surface area contributed by atoms with Crippen molar-refractivity contribution < 1.29 is 36.3 Å². The van der Waals surface area contributed by atoms with E-state index < -0.39 is 57.5 Å². The molecule has 46 heavy (non-hydrogen) atoms. The third-order valence-corrected chi connectivity index (χ3v) is 10.8. The second kappa shape index (κ2) is 14.0. The highest BCUT2D eigenvalue weighted by Crippen LogP contribution is 2.34. The fourth-order valence-corrected chi connectivity index (χ4v) is 8.15. The summed E-state index contributed by atoms with van der Waals surface area (Å²) in [5, 5.41) is 15.8. The van der Waals surface area contributed by atoms with Crippen molar-refractivity contribution in [2.24, 2.45) is 0 Å². The lowest BCUT2D eigenvalue weighted by Crippen LogP contribution is -2.57. The van der Waals surface area contributed by atoms with Crippen molar-refractivity contribution in [1.29, 1.82) is 0 Å². The molecule has 5 atom stereocenters. The lowest BCUT2D eigenvalue weighted by atomic mass is 9.84. The lowest BCUT2D eigenvalue weighted by molar-refractivity contribution is -0.120. The minimum absolute atomic E-state index is 0.0423. The van der Waals surface area contributed by atoms with E-state index in [9.17, 15) is 31.9 Å². The van der Waals surface area contributed by atoms with E-state index in [2.05, 4.69) is 15.6 Å². The number of fused-ring (bicyclic) bond motifs is 2. The molecule has 0 saturated carbocycles. The van der Waals surface area contributed by atoms with Crippen LogP contribution in [0.3, 0.4) is 0 Å². The molecule has 2 fully saturated rings. The fraction of sp³-hybridized carbons (Fsp3) is 0.387. The van der Waals surface area contributed by atoms with Crippen LogP contribution in [0.4, 0.5) is 23.7 Å². The summed E-state index contributed by atoms with van der Waals surface area (Å²) in [5.74, 6) is -4.38. The van der Waals surface area contributed by atoms with Gasteiger partial charge >= 0.3 is 6.09 Å². The first kappa shape index (κ1) is 33.6. The van der Waals surface area contributed by atoms with Crippen LogP contribution in [0.2, 0.25) is 5.02 Å². The molecule has 2 bridgehead atoms. The van der Waals surface area contributed by atoms with Crippen molar-refractivity contribution in [3.63, 3.8) is 0 Å². The maximum absolute atomic E-state index is 15.3. The lowest BCUT2D eigenvalue weighted by Gasteiger charge is -2.37. The standard InChI is InChI=1S/C31H33ClF3N5O5S/c1-39(31(42)43)29(28(19-12-20(33)15-36-14-19)18-7-10-24(32)26(35)13-18)30(41)38-27-6-2-5-25(34)23(27)9-8-22-16-37-21-4-3-11-46(44,45)40(22)17-21/h2,5-7,10,12-15,21-22,28-29,37H,3-4,8-9,11,16-17H2,1H3,(H,38,41)(H,42,43)/t21?,22?,28-,29-/m0/s1. The predicted molar refractivity (Wildman–Crippen MR) is 166 cm³/mol. The third kappa shape index (κ3) is 7.30. The number of pyridine rings is 1. The molecule has 2 aromatic carbocycles. The van der Waals surface area contributed by atoms with E-state index in [0.717, 1.165) is 31.8 Å². The molecule has 15 heteroatoms. The molecule has 5 rings (SSSR count). The van der Waals surface area contributed by atoms with Gasteiger partial charge in [-0.1, -0.05) is 23.7 Å². The topological polar surface area (TPSA) is 132 Å². The summed E-state index contributed by atoms with van der Waals surface area (Å²) < 4.78 is 71.7. The predicted octanol–water partition coefficient (Wildman–Crippen LogP) is 4.60. The smallest absolute Gasteiger partial charge is 0.407 e. The molecule has 3 heterocycles. The summed E-state index contributed by atoms with van der Waals surface area (Å²) in [6, 6.07) is 6.76. The zero-order chi connectivity index (χ0) is 33.2. The Hall–Kier alpha value is -3.72. The van der Waals surface area contributed by atoms with Gasteiger partial charge in [-0.2, -0.15) is 4.31 Å². The number of aromatic nitrogens is 1. The Kier molecular flexibility index (Phi) is 10.2. The number of benzene rings is 2. The van der Waals surface area contributed by atoms with E-state index in [1.807, 2.05) is 0 Å². The van der Waals surface area contributed by atoms with E-state index in [-0.39, 0.29) is 52.0 Å². The van der Waals surface area contributed by atoms with Crippen molar-refractivity contribution in [3.8, 4) is 0 Å². The fourth-order valence-electron chi connectivity index (χ4n) is 6.22. The number of piperazine rings is 1. The Morgan fingerprint density at radius 3 is 2.65 bits per heavy atom. The van der Waals surface area contributed by atoms with Gasteiger partial charge in [0.1, 0.15) is 23.5 Å². The number of carbonyl (C=O) groups excluding carboxylic acids is 1. The van der Waals surface area contributed by atoms with Crippen LogP contribution in [0, 0.1) is 17.5 Å². The summed E-state index contributed by atoms with van der Waals surface area (Å²) >= 11 is 5.88. The highest BCUT2D eigenvalue weighted by atomic mass is 35.5. The quantitative estimate of drug-likeness (QED) is 0.301. The molecule has 2 aliphatic rings. The molecule has 0 radical (unpaired) electrons. The van der Waals surface area contributed by atoms with Crippen molar-refractivity contribution in [3.05, 3.63) is 94.0 Å². The molecule has 3 unspecified atom stereocenters. The number of nitrogens with one attached hydrogen (secondary N) is 2. The van der Waals surface area contributed by atoms with Gasteiger partial charge in [-0.25, -0.2) is 26.4 Å². The molecule has 2 amide bonds. The van der Waals surface area contributed by atoms with E-state index in [4.69, 9.17) is 11.6 Å². The third-order valence-electron chi connectivity index (χ3n) is 8.56. The number of amides is 2. The van der Waals surface area contributed by atoms with Crippen LogP contribution in [0.5, 0.6) is 0 Å². The second-order valence-corrected chi connectivity index (χ2v) is 14.0. The van der Waals surface area contributed by atoms with Gasteiger partial charge in [0, 0.05) is 55.6 Å². The summed E-state index contributed by atoms with van der Waals surface area (Å²) in [5.41, 5.74) is 0.343. The normalized spacial score (nSPS) is 21.9. The largest absolute Gasteiger partial charge is 0.465 e. The molecular formula is C31H33ClF3N5O5S. The molecule has 246 valence electrons. The van der Waals surface area contributed by atoms with Gasteiger partial charge in [-0.3, -0.25) is 14.7 Å². The summed E-state index contributed by atoms with van der Waals surface area (Å²) in [7, 11) is -2.35. The highest BCUT2D eigenvalue weighted by molar-refractivity contribution is 7.89. The SMILES string of the molecule is CN(C(=O)O)[C@H](C(=O)Nc1cccc(F)c1CCC1CNC2CCCS(=O)(=O)N1C2)[C@H](c1cncc(F)c1)c1ccc(Cl)c(F)c1. The molecule has 3 N–H and O–H groups in total. The number of nitrogens with zero attached hydrogens (tertiary/aromatic N) is 3. The van der Waals surface area contributed by atoms with Crippen molar-refractivity contribution >= 4 is 39.3 Å². The Morgan fingerprint density at radius 1 is 1.15 bits per heavy atom. The van der Waals surface area contributed by atoms with Crippen molar-refractivity contribution in [2.75, 3.05) is 31.2 Å². The van der Waals surface area contributed by atoms with Crippen LogP contribution < -0.4 is 10.6 Å². The van der Waals surface area contributed by atoms with Gasteiger partial charge in [0.15, 0.2) is 0 Å². The van der Waals surface area contributed by atoms with E-state index in [1.165, 1.54) is 40.8 Å². The van der Waals surface area contributed by atoms with Crippen molar-refractivity contribution in [1.82, 2.24) is 19.5 Å². The van der Waals surface area contributed by atoms with E-state index in [0.29, 0.717) is 24.4 Å². The van der Waals surface area contributed by atoms with Crippen LogP contribution in [0.1, 0.15) is 41.9 Å². The number of rotatable bonds is 9. The van der Waals surface area contributed by atoms with Gasteiger partial charge in [-0.15, -0.1) is 0 Å². The molecule has 0 aliphatic carbocycles. The van der Waals surface area contributed by atoms with Crippen molar-refractivity contribution in [2.45, 2.75) is 49.7 Å². The number of anilines is 1. The van der Waals surface area contributed by atoms with Crippen LogP contribution in [-0.2, 0) is 21.2 Å². The van der Waals surface area contributed by atoms with Gasteiger partial charge in [0.2, 0.25) is 15.9 Å². The van der Waals surface area contributed by atoms with Gasteiger partial charge < -0.3 is 15.7 Å². The van der Waals surface area contributed by atoms with Gasteiger partial charge in [-0.05, 0) is 67.1 Å². The minimum Gasteiger partial charge on any atom is -0.465 e. The van der Waals surface area contributed by atoms with E-state index >= 15 is 4.39 Å². The Balaban J connectivity index is 1.47. The average molecular weight is 680 g/mol. The number of carboxylic acid groups (broad SMARTS) is 1. The van der Waals surface area contributed by atoms with Crippen LogP contribution in [0.15, 0.2) is 54.9 Å². The maximum atomic E-state index is 15.3. The highest BCUT2D eigenvalue weighted by Gasteiger charge is 2.39. The van der Waals surface area contributed by atoms with Gasteiger partial charge in [0.05, 0.1) is 17.0 Å². The molecule has 10 nitrogen and oxygen atoms in total. The summed E-state index contributed by atoms with van der Waals surface area (Å²) in [6.07, 6.45) is 2.26. The first-order valence-corrected chi connectivity index (χ1v) is 16.7. The minimum atomic E-state index is -3.48. The zero-order valence-electron chi connectivity index (χ0n) is 24.8. The van der Waals surface area contributed by atoms with Gasteiger partial charge in [0.25, 0.3) is 0 Å². The summed E-state index contributed by atoms with van der Waals surface area (Å²) in [6.45, 7) is 0.727. The monoisotopic (exact) mass is 679 g/mol. The molecule has 0 spiro atoms. The maximum Gasteiger partial charge on any atom is 0.407 e. The second-order valence-electron chi connectivity index (χ2n) is 11.5. The first-order chi connectivity index (χ1) is 21.9. The molecule has 1 aromatic heterocycles. The van der Waals surface area contributed by atoms with Crippen LogP contribution in [0.25, 0.3) is 0 Å². The van der Waals surface area contributed by atoms with E-state index in [1.54, 1.807) is 0 Å². The number of hydrogen-bond acceptors (Lipinski definition) is 6. The molecule has 3 aromatic rings. The van der Waals surface area contributed by atoms with Crippen LogP contribution in [-0.4, -0.2) is 83.7 Å². The average Bonchev–Trinajstić information content (AvgIpc) is 3.12. The number of carbonyl (C=O) groups is 2. The number of likely N-dealkylation sites (N-methyl/N-ethyl adjacent to an activating group) is 1. The number of sulfonamides is 1. The number of halogens is 4. The Morgan fingerprint density at radius 2 is 1.93 bits per heavy atom. The van der Waals surface area contributed by atoms with Crippen LogP contribution >= 0.6 is 11.6 Å². The zero-order valence-corrected chi connectivity index (χ0v) is 26.4. The summed E-state index contributed by atoms with van der Waals surface area (Å²) in [4.78, 5) is 30.8. The molecule has 2 saturated heterocycles. The molecule has 2 aliphatic heterocycles. The number of hydrogen-bond donors (Lipinski definition) is 3.